The van der Waals surface area contributed by atoms with Gasteiger partial charge in [-0.05, 0) is 36.6 Å². The van der Waals surface area contributed by atoms with Crippen LogP contribution in [0.4, 0.5) is 5.69 Å². The molecule has 8 heteroatoms. The van der Waals surface area contributed by atoms with Crippen LogP contribution in [0.3, 0.4) is 0 Å². The van der Waals surface area contributed by atoms with Crippen molar-refractivity contribution in [1.82, 2.24) is 9.97 Å². The van der Waals surface area contributed by atoms with Gasteiger partial charge in [-0.25, -0.2) is 4.98 Å². The van der Waals surface area contributed by atoms with Gasteiger partial charge < -0.3 is 19.5 Å². The number of nitrogens with one attached hydrogen (secondary N) is 1. The normalized spacial score (nSPS) is 10.7. The Hall–Kier alpha value is -3.84. The number of hydrogen-bond donors (Lipinski definition) is 1. The molecule has 0 bridgehead atoms. The number of amides is 1. The van der Waals surface area contributed by atoms with E-state index < -0.39 is 0 Å². The van der Waals surface area contributed by atoms with Gasteiger partial charge in [0.05, 0.1) is 31.6 Å². The smallest absolute Gasteiger partial charge is 0.238 e. The summed E-state index contributed by atoms with van der Waals surface area (Å²) < 4.78 is 16.7. The summed E-state index contributed by atoms with van der Waals surface area (Å²) in [5.74, 6) is 1.75. The molecule has 2 heterocycles. The Morgan fingerprint density at radius 3 is 2.47 bits per heavy atom. The summed E-state index contributed by atoms with van der Waals surface area (Å²) in [6.45, 7) is 0. The van der Waals surface area contributed by atoms with Crippen LogP contribution in [-0.4, -0.2) is 30.1 Å². The molecule has 0 fully saturated rings. The van der Waals surface area contributed by atoms with Crippen molar-refractivity contribution in [3.63, 3.8) is 0 Å². The lowest BCUT2D eigenvalue weighted by molar-refractivity contribution is -0.116. The molecule has 2 aromatic heterocycles. The summed E-state index contributed by atoms with van der Waals surface area (Å²) in [4.78, 5) is 21.0. The Morgan fingerprint density at radius 1 is 0.971 bits per heavy atom. The molecule has 0 spiro atoms. The van der Waals surface area contributed by atoms with Crippen LogP contribution in [0.5, 0.6) is 23.1 Å². The molecular weight excluding hydrogens is 454 g/mol. The van der Waals surface area contributed by atoms with Gasteiger partial charge >= 0.3 is 0 Å². The number of hydrogen-bond acceptors (Lipinski definition) is 6. The summed E-state index contributed by atoms with van der Waals surface area (Å²) in [6.07, 6.45) is 5.14. The SMILES string of the molecule is COc1cc2nccc(Oc3ncc(NC(=O)CCCc4ccccc4)cc3Cl)c2cc1OC. The molecule has 174 valence electrons. The first kappa shape index (κ1) is 23.3. The number of carbonyl (C=O) groups is 1. The van der Waals surface area contributed by atoms with E-state index in [1.54, 1.807) is 44.7 Å². The number of rotatable bonds is 9. The van der Waals surface area contributed by atoms with E-state index in [4.69, 9.17) is 25.8 Å². The Balaban J connectivity index is 1.43. The van der Waals surface area contributed by atoms with Gasteiger partial charge in [-0.2, -0.15) is 0 Å². The second kappa shape index (κ2) is 10.9. The van der Waals surface area contributed by atoms with Gasteiger partial charge in [-0.3, -0.25) is 9.78 Å². The average Bonchev–Trinajstić information content (AvgIpc) is 2.85. The van der Waals surface area contributed by atoms with E-state index >= 15 is 0 Å². The van der Waals surface area contributed by atoms with Crippen molar-refractivity contribution in [3.05, 3.63) is 77.6 Å². The molecule has 7 nitrogen and oxygen atoms in total. The lowest BCUT2D eigenvalue weighted by atomic mass is 10.1. The molecule has 0 aliphatic heterocycles. The summed E-state index contributed by atoms with van der Waals surface area (Å²) in [7, 11) is 3.13. The number of nitrogens with zero attached hydrogens (tertiary/aromatic N) is 2. The zero-order valence-electron chi connectivity index (χ0n) is 18.9. The van der Waals surface area contributed by atoms with Crippen molar-refractivity contribution in [2.45, 2.75) is 19.3 Å². The highest BCUT2D eigenvalue weighted by Crippen LogP contribution is 2.38. The van der Waals surface area contributed by atoms with E-state index in [1.165, 1.54) is 11.8 Å². The number of pyridine rings is 2. The first-order valence-electron chi connectivity index (χ1n) is 10.8. The Kier molecular flexibility index (Phi) is 7.44. The fraction of sp³-hybridized carbons (Fsp3) is 0.192. The second-order valence-corrected chi connectivity index (χ2v) is 7.94. The van der Waals surface area contributed by atoms with Gasteiger partial charge in [0.2, 0.25) is 11.8 Å². The third kappa shape index (κ3) is 5.55. The molecule has 0 radical (unpaired) electrons. The molecule has 34 heavy (non-hydrogen) atoms. The van der Waals surface area contributed by atoms with Crippen molar-refractivity contribution < 1.29 is 19.0 Å². The van der Waals surface area contributed by atoms with Crippen LogP contribution in [-0.2, 0) is 11.2 Å². The van der Waals surface area contributed by atoms with Gasteiger partial charge in [0.1, 0.15) is 10.8 Å². The number of aromatic nitrogens is 2. The highest BCUT2D eigenvalue weighted by Gasteiger charge is 2.14. The number of benzene rings is 2. The molecule has 0 atom stereocenters. The molecule has 0 aliphatic rings. The van der Waals surface area contributed by atoms with Gasteiger partial charge in [0.25, 0.3) is 0 Å². The molecule has 2 aromatic carbocycles. The number of anilines is 1. The van der Waals surface area contributed by atoms with E-state index in [0.717, 1.165) is 12.8 Å². The monoisotopic (exact) mass is 477 g/mol. The number of aryl methyl sites for hydroxylation is 1. The number of fused-ring (bicyclic) bond motifs is 1. The fourth-order valence-corrected chi connectivity index (χ4v) is 3.74. The van der Waals surface area contributed by atoms with Crippen molar-refractivity contribution in [1.29, 1.82) is 0 Å². The first-order valence-corrected chi connectivity index (χ1v) is 11.1. The van der Waals surface area contributed by atoms with Crippen LogP contribution >= 0.6 is 11.6 Å². The van der Waals surface area contributed by atoms with Crippen LogP contribution < -0.4 is 19.5 Å². The Morgan fingerprint density at radius 2 is 1.74 bits per heavy atom. The quantitative estimate of drug-likeness (QED) is 0.316. The molecule has 1 amide bonds. The van der Waals surface area contributed by atoms with E-state index in [2.05, 4.69) is 27.4 Å². The molecule has 0 aliphatic carbocycles. The molecule has 1 N–H and O–H groups in total. The van der Waals surface area contributed by atoms with E-state index in [9.17, 15) is 4.79 Å². The maximum Gasteiger partial charge on any atom is 0.238 e. The number of carbonyl (C=O) groups excluding carboxylic acids is 1. The summed E-state index contributed by atoms with van der Waals surface area (Å²) in [5, 5.41) is 3.82. The van der Waals surface area contributed by atoms with E-state index in [0.29, 0.717) is 40.3 Å². The second-order valence-electron chi connectivity index (χ2n) is 7.53. The lowest BCUT2D eigenvalue weighted by Crippen LogP contribution is -2.11. The maximum atomic E-state index is 12.3. The van der Waals surface area contributed by atoms with Gasteiger partial charge in [-0.15, -0.1) is 0 Å². The average molecular weight is 478 g/mol. The highest BCUT2D eigenvalue weighted by atomic mass is 35.5. The van der Waals surface area contributed by atoms with Crippen molar-refractivity contribution in [3.8, 4) is 23.1 Å². The van der Waals surface area contributed by atoms with Gasteiger partial charge in [-0.1, -0.05) is 41.9 Å². The topological polar surface area (TPSA) is 82.6 Å². The third-order valence-electron chi connectivity index (χ3n) is 5.22. The minimum Gasteiger partial charge on any atom is -0.493 e. The van der Waals surface area contributed by atoms with E-state index in [-0.39, 0.29) is 16.8 Å². The summed E-state index contributed by atoms with van der Waals surface area (Å²) in [5.41, 5.74) is 2.39. The minimum absolute atomic E-state index is 0.0939. The van der Waals surface area contributed by atoms with Gasteiger partial charge in [0.15, 0.2) is 11.5 Å². The largest absolute Gasteiger partial charge is 0.493 e. The lowest BCUT2D eigenvalue weighted by Gasteiger charge is -2.13. The number of halogens is 1. The summed E-state index contributed by atoms with van der Waals surface area (Å²) in [6, 6.07) is 17.0. The van der Waals surface area contributed by atoms with Crippen LogP contribution in [0.1, 0.15) is 18.4 Å². The zero-order valence-corrected chi connectivity index (χ0v) is 19.6. The number of ether oxygens (including phenoxy) is 3. The van der Waals surface area contributed by atoms with Crippen LogP contribution in [0.2, 0.25) is 5.02 Å². The predicted octanol–water partition coefficient (Wildman–Crippen LogP) is 6.05. The number of methoxy groups -OCH3 is 2. The van der Waals surface area contributed by atoms with E-state index in [1.807, 2.05) is 18.2 Å². The molecular formula is C26H24ClN3O4. The van der Waals surface area contributed by atoms with Crippen molar-refractivity contribution >= 4 is 34.1 Å². The molecule has 0 unspecified atom stereocenters. The predicted molar refractivity (Wildman–Crippen MR) is 132 cm³/mol. The van der Waals surface area contributed by atoms with Crippen LogP contribution in [0.25, 0.3) is 10.9 Å². The summed E-state index contributed by atoms with van der Waals surface area (Å²) >= 11 is 6.41. The minimum atomic E-state index is -0.0939. The van der Waals surface area contributed by atoms with Crippen molar-refractivity contribution in [2.75, 3.05) is 19.5 Å². The highest BCUT2D eigenvalue weighted by molar-refractivity contribution is 6.32. The standard InChI is InChI=1S/C26H24ClN3O4/c1-32-23-14-19-21(15-24(23)33-2)28-12-11-22(19)34-26-20(27)13-18(16-29-26)30-25(31)10-6-9-17-7-4-3-5-8-17/h3-5,7-8,11-16H,6,9-10H2,1-2H3,(H,30,31). The van der Waals surface area contributed by atoms with Crippen molar-refractivity contribution in [2.24, 2.45) is 0 Å². The zero-order chi connectivity index (χ0) is 23.9. The fourth-order valence-electron chi connectivity index (χ4n) is 3.53. The molecule has 0 saturated heterocycles. The Labute approximate surface area is 202 Å². The molecule has 0 saturated carbocycles. The van der Waals surface area contributed by atoms with Crippen LogP contribution in [0.15, 0.2) is 67.0 Å². The van der Waals surface area contributed by atoms with Crippen LogP contribution in [0, 0.1) is 0 Å². The molecule has 4 rings (SSSR count). The molecule has 4 aromatic rings. The maximum absolute atomic E-state index is 12.3. The van der Waals surface area contributed by atoms with Gasteiger partial charge in [0, 0.05) is 24.1 Å². The Bertz CT molecular complexity index is 1300. The third-order valence-corrected chi connectivity index (χ3v) is 5.49. The first-order chi connectivity index (χ1) is 16.6.